The van der Waals surface area contributed by atoms with Crippen molar-refractivity contribution in [3.05, 3.63) is 36.0 Å². The van der Waals surface area contributed by atoms with Gasteiger partial charge in [0.15, 0.2) is 10.9 Å². The molecule has 0 unspecified atom stereocenters. The van der Waals surface area contributed by atoms with Crippen molar-refractivity contribution in [2.45, 2.75) is 30.6 Å². The second kappa shape index (κ2) is 8.79. The highest BCUT2D eigenvalue weighted by molar-refractivity contribution is 7.99. The molecule has 3 aromatic rings. The van der Waals surface area contributed by atoms with Gasteiger partial charge in [-0.25, -0.2) is 0 Å². The minimum absolute atomic E-state index is 0.0806. The molecular weight excluding hydrogens is 402 g/mol. The molecule has 4 heterocycles. The second-order valence-corrected chi connectivity index (χ2v) is 8.53. The molecule has 0 radical (unpaired) electrons. The number of H-pyrrole nitrogens is 1. The molecule has 8 nitrogen and oxygen atoms in total. The molecule has 0 saturated carbocycles. The van der Waals surface area contributed by atoms with E-state index in [2.05, 4.69) is 24.6 Å². The molecule has 1 atom stereocenters. The summed E-state index contributed by atoms with van der Waals surface area (Å²) < 4.78 is 13.5. The number of carbonyl (C=O) groups excluding carboxylic acids is 1. The van der Waals surface area contributed by atoms with Crippen molar-refractivity contribution in [2.24, 2.45) is 0 Å². The Hall–Kier alpha value is -2.36. The van der Waals surface area contributed by atoms with E-state index < -0.39 is 0 Å². The van der Waals surface area contributed by atoms with Gasteiger partial charge in [0.1, 0.15) is 0 Å². The number of thioether (sulfide) groups is 1. The number of hydrogen-bond donors (Lipinski definition) is 1. The summed E-state index contributed by atoms with van der Waals surface area (Å²) in [5.74, 6) is 1.24. The van der Waals surface area contributed by atoms with Gasteiger partial charge in [-0.1, -0.05) is 30.0 Å². The van der Waals surface area contributed by atoms with Crippen LogP contribution in [0, 0.1) is 0 Å². The van der Waals surface area contributed by atoms with E-state index in [4.69, 9.17) is 9.47 Å². The molecule has 2 aliphatic heterocycles. The predicted octanol–water partition coefficient (Wildman–Crippen LogP) is 2.75. The molecule has 5 rings (SSSR count). The van der Waals surface area contributed by atoms with Gasteiger partial charge in [-0.05, 0) is 18.9 Å². The zero-order valence-corrected chi connectivity index (χ0v) is 17.6. The first-order chi connectivity index (χ1) is 14.8. The summed E-state index contributed by atoms with van der Waals surface area (Å²) in [4.78, 5) is 18.3. The van der Waals surface area contributed by atoms with Gasteiger partial charge in [0.25, 0.3) is 0 Å². The molecule has 0 spiro atoms. The van der Waals surface area contributed by atoms with Gasteiger partial charge in [0, 0.05) is 42.4 Å². The molecule has 9 heteroatoms. The zero-order valence-electron chi connectivity index (χ0n) is 16.7. The lowest BCUT2D eigenvalue weighted by Gasteiger charge is -2.28. The smallest absolute Gasteiger partial charge is 0.228 e. The third kappa shape index (κ3) is 3.97. The number of ether oxygens (including phenoxy) is 2. The molecule has 30 heavy (non-hydrogen) atoms. The molecule has 2 aromatic heterocycles. The summed E-state index contributed by atoms with van der Waals surface area (Å²) >= 11 is 1.44. The number of para-hydroxylation sites is 1. The first kappa shape index (κ1) is 19.6. The van der Waals surface area contributed by atoms with Crippen LogP contribution in [0.15, 0.2) is 35.6 Å². The Kier molecular flexibility index (Phi) is 5.74. The van der Waals surface area contributed by atoms with Gasteiger partial charge in [-0.15, -0.1) is 10.2 Å². The van der Waals surface area contributed by atoms with Gasteiger partial charge in [-0.2, -0.15) is 0 Å². The number of fused-ring (bicyclic) bond motifs is 1. The Bertz CT molecular complexity index is 1020. The first-order valence-electron chi connectivity index (χ1n) is 10.4. The van der Waals surface area contributed by atoms with E-state index in [1.807, 2.05) is 24.3 Å². The van der Waals surface area contributed by atoms with E-state index in [-0.39, 0.29) is 11.9 Å². The normalized spacial score (nSPS) is 19.6. The van der Waals surface area contributed by atoms with Crippen LogP contribution in [-0.2, 0) is 16.0 Å². The summed E-state index contributed by atoms with van der Waals surface area (Å²) in [5.41, 5.74) is 1.69. The van der Waals surface area contributed by atoms with Crippen LogP contribution in [0.3, 0.4) is 0 Å². The first-order valence-corrected chi connectivity index (χ1v) is 11.4. The summed E-state index contributed by atoms with van der Waals surface area (Å²) in [7, 11) is 0. The standard InChI is InChI=1S/C21H25N5O3S/c27-19(17-12-22-18-6-2-1-5-16(17)18)14-30-21-24-23-20(25-7-10-28-11-8-25)26(21)13-15-4-3-9-29-15/h1-2,5-6,12,15,22H,3-4,7-11,13-14H2/t15-/m1/s1. The summed E-state index contributed by atoms with van der Waals surface area (Å²) in [5, 5.41) is 10.6. The predicted molar refractivity (Wildman–Crippen MR) is 115 cm³/mol. The third-order valence-electron chi connectivity index (χ3n) is 5.62. The zero-order chi connectivity index (χ0) is 20.3. The van der Waals surface area contributed by atoms with Crippen molar-refractivity contribution in [1.82, 2.24) is 19.7 Å². The number of ketones is 1. The Balaban J connectivity index is 1.35. The van der Waals surface area contributed by atoms with Crippen LogP contribution in [0.5, 0.6) is 0 Å². The summed E-state index contributed by atoms with van der Waals surface area (Å²) in [6, 6.07) is 7.86. The van der Waals surface area contributed by atoms with E-state index in [1.54, 1.807) is 6.20 Å². The molecular formula is C21H25N5O3S. The van der Waals surface area contributed by atoms with Gasteiger partial charge in [0.2, 0.25) is 5.95 Å². The SMILES string of the molecule is O=C(CSc1nnc(N2CCOCC2)n1C[C@H]1CCCO1)c1c[nH]c2ccccc12. The van der Waals surface area contributed by atoms with Crippen molar-refractivity contribution < 1.29 is 14.3 Å². The van der Waals surface area contributed by atoms with Gasteiger partial charge in [-0.3, -0.25) is 9.36 Å². The van der Waals surface area contributed by atoms with Crippen molar-refractivity contribution in [3.63, 3.8) is 0 Å². The van der Waals surface area contributed by atoms with Crippen LogP contribution in [0.1, 0.15) is 23.2 Å². The van der Waals surface area contributed by atoms with Crippen LogP contribution in [0.2, 0.25) is 0 Å². The Labute approximate surface area is 178 Å². The maximum absolute atomic E-state index is 12.9. The van der Waals surface area contributed by atoms with Crippen LogP contribution in [0.25, 0.3) is 10.9 Å². The van der Waals surface area contributed by atoms with Crippen molar-refractivity contribution >= 4 is 34.4 Å². The molecule has 0 amide bonds. The number of nitrogens with one attached hydrogen (secondary N) is 1. The number of aromatic amines is 1. The number of carbonyl (C=O) groups is 1. The van der Waals surface area contributed by atoms with Crippen molar-refractivity contribution in [3.8, 4) is 0 Å². The summed E-state index contributed by atoms with van der Waals surface area (Å²) in [6.45, 7) is 4.48. The summed E-state index contributed by atoms with van der Waals surface area (Å²) in [6.07, 6.45) is 4.09. The molecule has 158 valence electrons. The quantitative estimate of drug-likeness (QED) is 0.458. The van der Waals surface area contributed by atoms with Crippen molar-refractivity contribution in [1.29, 1.82) is 0 Å². The molecule has 2 saturated heterocycles. The van der Waals surface area contributed by atoms with E-state index >= 15 is 0 Å². The van der Waals surface area contributed by atoms with Crippen LogP contribution in [-0.4, -0.2) is 70.3 Å². The fourth-order valence-electron chi connectivity index (χ4n) is 4.05. The Morgan fingerprint density at radius 2 is 2.07 bits per heavy atom. The highest BCUT2D eigenvalue weighted by Gasteiger charge is 2.25. The van der Waals surface area contributed by atoms with E-state index in [0.29, 0.717) is 25.5 Å². The Morgan fingerprint density at radius 3 is 2.90 bits per heavy atom. The van der Waals surface area contributed by atoms with Crippen LogP contribution < -0.4 is 4.90 Å². The molecule has 1 N–H and O–H groups in total. The maximum Gasteiger partial charge on any atom is 0.228 e. The Morgan fingerprint density at radius 1 is 1.20 bits per heavy atom. The molecule has 2 aliphatic rings. The monoisotopic (exact) mass is 427 g/mol. The van der Waals surface area contributed by atoms with E-state index in [0.717, 1.165) is 60.1 Å². The third-order valence-corrected chi connectivity index (χ3v) is 6.59. The van der Waals surface area contributed by atoms with Crippen molar-refractivity contribution in [2.75, 3.05) is 43.6 Å². The second-order valence-electron chi connectivity index (χ2n) is 7.59. The maximum atomic E-state index is 12.9. The fraction of sp³-hybridized carbons (Fsp3) is 0.476. The van der Waals surface area contributed by atoms with Crippen LogP contribution >= 0.6 is 11.8 Å². The van der Waals surface area contributed by atoms with Gasteiger partial charge >= 0.3 is 0 Å². The number of hydrogen-bond acceptors (Lipinski definition) is 7. The van der Waals surface area contributed by atoms with E-state index in [1.165, 1.54) is 11.8 Å². The topological polar surface area (TPSA) is 85.3 Å². The fourth-order valence-corrected chi connectivity index (χ4v) is 4.87. The lowest BCUT2D eigenvalue weighted by atomic mass is 10.1. The number of benzene rings is 1. The number of aromatic nitrogens is 4. The molecule has 0 aliphatic carbocycles. The lowest BCUT2D eigenvalue weighted by molar-refractivity contribution is 0.0942. The highest BCUT2D eigenvalue weighted by atomic mass is 32.2. The largest absolute Gasteiger partial charge is 0.378 e. The molecule has 0 bridgehead atoms. The van der Waals surface area contributed by atoms with Gasteiger partial charge in [0.05, 0.1) is 31.6 Å². The van der Waals surface area contributed by atoms with E-state index in [9.17, 15) is 4.79 Å². The highest BCUT2D eigenvalue weighted by Crippen LogP contribution is 2.27. The average molecular weight is 428 g/mol. The van der Waals surface area contributed by atoms with Gasteiger partial charge < -0.3 is 19.4 Å². The molecule has 1 aromatic carbocycles. The lowest BCUT2D eigenvalue weighted by Crippen LogP contribution is -2.38. The minimum atomic E-state index is 0.0806. The number of rotatable bonds is 7. The number of morpholine rings is 1. The number of Topliss-reactive ketones (excluding diaryl/α,β-unsaturated/α-hetero) is 1. The minimum Gasteiger partial charge on any atom is -0.378 e. The number of anilines is 1. The van der Waals surface area contributed by atoms with Crippen LogP contribution in [0.4, 0.5) is 5.95 Å². The number of nitrogens with zero attached hydrogens (tertiary/aromatic N) is 4. The average Bonchev–Trinajstić information content (AvgIpc) is 3.53. The molecule has 2 fully saturated rings.